The lowest BCUT2D eigenvalue weighted by Crippen LogP contribution is -2.53. The first-order valence-electron chi connectivity index (χ1n) is 13.2. The summed E-state index contributed by atoms with van der Waals surface area (Å²) in [6, 6.07) is 23.4. The number of hydrogen-bond donors (Lipinski definition) is 2. The average molecular weight is 546 g/mol. The van der Waals surface area contributed by atoms with Crippen LogP contribution in [0, 0.1) is 5.82 Å². The van der Waals surface area contributed by atoms with E-state index in [0.29, 0.717) is 37.6 Å². The van der Waals surface area contributed by atoms with Gasteiger partial charge in [-0.2, -0.15) is 11.8 Å². The van der Waals surface area contributed by atoms with Crippen molar-refractivity contribution in [3.05, 3.63) is 102 Å². The maximum atomic E-state index is 13.3. The Hall–Kier alpha value is -3.62. The van der Waals surface area contributed by atoms with Crippen LogP contribution >= 0.6 is 11.8 Å². The number of hydrogen-bond acceptors (Lipinski definition) is 5. The molecule has 0 bridgehead atoms. The number of morpholine rings is 1. The Kier molecular flexibility index (Phi) is 8.96. The van der Waals surface area contributed by atoms with Crippen LogP contribution in [-0.4, -0.2) is 67.1 Å². The van der Waals surface area contributed by atoms with Gasteiger partial charge in [-0.25, -0.2) is 4.39 Å². The molecule has 202 valence electrons. The minimum Gasteiger partial charge on any atom is -0.387 e. The van der Waals surface area contributed by atoms with Crippen LogP contribution in [0.3, 0.4) is 0 Å². The lowest BCUT2D eigenvalue weighted by molar-refractivity contribution is -0.136. The first-order valence-corrected chi connectivity index (χ1v) is 14.4. The third kappa shape index (κ3) is 7.28. The molecule has 1 saturated heterocycles. The zero-order valence-corrected chi connectivity index (χ0v) is 22.5. The molecule has 1 atom stereocenters. The maximum absolute atomic E-state index is 13.3. The Labute approximate surface area is 232 Å². The van der Waals surface area contributed by atoms with Crippen LogP contribution < -0.4 is 10.6 Å². The van der Waals surface area contributed by atoms with Crippen molar-refractivity contribution in [1.29, 1.82) is 0 Å². The zero-order valence-electron chi connectivity index (χ0n) is 21.7. The van der Waals surface area contributed by atoms with Crippen LogP contribution in [0.2, 0.25) is 0 Å². The number of benzene rings is 3. The molecular weight excluding hydrogens is 513 g/mol. The summed E-state index contributed by atoms with van der Waals surface area (Å²) in [5.74, 6) is 0.705. The van der Waals surface area contributed by atoms with Gasteiger partial charge in [-0.3, -0.25) is 9.59 Å². The second-order valence-corrected chi connectivity index (χ2v) is 10.7. The molecule has 1 fully saturated rings. The molecule has 0 saturated carbocycles. The molecule has 5 rings (SSSR count). The lowest BCUT2D eigenvalue weighted by atomic mass is 10.0. The minimum absolute atomic E-state index is 0.0727. The highest BCUT2D eigenvalue weighted by atomic mass is 32.2. The highest BCUT2D eigenvalue weighted by Gasteiger charge is 2.28. The SMILES string of the molecule is O=C(N[C@@H](CSCCNC1=C(c2ccc(F)cc2)C1)C(=O)N1CCOCC1)c1ccc(-c2ccccc2)cc1. The summed E-state index contributed by atoms with van der Waals surface area (Å²) in [7, 11) is 0. The number of ether oxygens (including phenoxy) is 1. The molecule has 0 unspecified atom stereocenters. The zero-order chi connectivity index (χ0) is 27.0. The molecule has 2 aliphatic rings. The summed E-state index contributed by atoms with van der Waals surface area (Å²) < 4.78 is 18.6. The lowest BCUT2D eigenvalue weighted by Gasteiger charge is -2.30. The fourth-order valence-electron chi connectivity index (χ4n) is 4.57. The molecule has 2 amide bonds. The van der Waals surface area contributed by atoms with Crippen LogP contribution in [0.4, 0.5) is 4.39 Å². The van der Waals surface area contributed by atoms with E-state index in [-0.39, 0.29) is 17.6 Å². The molecular formula is C31H32FN3O3S. The topological polar surface area (TPSA) is 70.7 Å². The van der Waals surface area contributed by atoms with Crippen LogP contribution in [0.5, 0.6) is 0 Å². The molecule has 1 heterocycles. The summed E-state index contributed by atoms with van der Waals surface area (Å²) in [4.78, 5) is 28.2. The van der Waals surface area contributed by atoms with E-state index < -0.39 is 6.04 Å². The van der Waals surface area contributed by atoms with Crippen molar-refractivity contribution in [2.75, 3.05) is 44.4 Å². The molecule has 2 N–H and O–H groups in total. The van der Waals surface area contributed by atoms with Crippen LogP contribution in [0.1, 0.15) is 22.3 Å². The quantitative estimate of drug-likeness (QED) is 0.345. The number of carbonyl (C=O) groups is 2. The molecule has 0 aromatic heterocycles. The highest BCUT2D eigenvalue weighted by molar-refractivity contribution is 7.99. The summed E-state index contributed by atoms with van der Waals surface area (Å²) in [5.41, 5.74) is 6.07. The Morgan fingerprint density at radius 3 is 2.28 bits per heavy atom. The van der Waals surface area contributed by atoms with Crippen molar-refractivity contribution in [2.45, 2.75) is 12.5 Å². The van der Waals surface area contributed by atoms with Gasteiger partial charge in [0, 0.05) is 48.8 Å². The fraction of sp³-hybridized carbons (Fsp3) is 0.290. The van der Waals surface area contributed by atoms with Gasteiger partial charge in [-0.1, -0.05) is 54.6 Å². The van der Waals surface area contributed by atoms with Crippen molar-refractivity contribution in [1.82, 2.24) is 15.5 Å². The van der Waals surface area contributed by atoms with Crippen molar-refractivity contribution in [2.24, 2.45) is 0 Å². The van der Waals surface area contributed by atoms with Gasteiger partial charge in [-0.15, -0.1) is 0 Å². The first kappa shape index (κ1) is 27.0. The molecule has 1 aliphatic heterocycles. The predicted molar refractivity (Wildman–Crippen MR) is 154 cm³/mol. The number of halogens is 1. The summed E-state index contributed by atoms with van der Waals surface area (Å²) in [6.07, 6.45) is 0.883. The minimum atomic E-state index is -0.621. The van der Waals surface area contributed by atoms with E-state index in [1.165, 1.54) is 23.4 Å². The van der Waals surface area contributed by atoms with Crippen LogP contribution in [-0.2, 0) is 9.53 Å². The molecule has 1 aliphatic carbocycles. The third-order valence-electron chi connectivity index (χ3n) is 6.84. The molecule has 39 heavy (non-hydrogen) atoms. The van der Waals surface area contributed by atoms with Gasteiger partial charge in [0.25, 0.3) is 5.91 Å². The van der Waals surface area contributed by atoms with Gasteiger partial charge >= 0.3 is 0 Å². The number of thioether (sulfide) groups is 1. The van der Waals surface area contributed by atoms with Crippen molar-refractivity contribution >= 4 is 29.1 Å². The van der Waals surface area contributed by atoms with E-state index in [1.807, 2.05) is 42.5 Å². The van der Waals surface area contributed by atoms with E-state index in [4.69, 9.17) is 4.74 Å². The van der Waals surface area contributed by atoms with E-state index in [2.05, 4.69) is 10.6 Å². The van der Waals surface area contributed by atoms with Gasteiger partial charge in [0.15, 0.2) is 0 Å². The molecule has 6 nitrogen and oxygen atoms in total. The molecule has 3 aromatic carbocycles. The van der Waals surface area contributed by atoms with E-state index in [0.717, 1.165) is 35.4 Å². The molecule has 3 aromatic rings. The average Bonchev–Trinajstić information content (AvgIpc) is 3.77. The van der Waals surface area contributed by atoms with E-state index >= 15 is 0 Å². The Morgan fingerprint density at radius 2 is 1.56 bits per heavy atom. The predicted octanol–water partition coefficient (Wildman–Crippen LogP) is 4.59. The Balaban J connectivity index is 1.15. The van der Waals surface area contributed by atoms with Crippen molar-refractivity contribution in [3.63, 3.8) is 0 Å². The molecule has 0 radical (unpaired) electrons. The van der Waals surface area contributed by atoms with Crippen LogP contribution in [0.25, 0.3) is 16.7 Å². The number of carbonyl (C=O) groups excluding carboxylic acids is 2. The van der Waals surface area contributed by atoms with E-state index in [1.54, 1.807) is 40.9 Å². The summed E-state index contributed by atoms with van der Waals surface area (Å²) >= 11 is 1.63. The number of allylic oxidation sites excluding steroid dienone is 2. The number of rotatable bonds is 11. The first-order chi connectivity index (χ1) is 19.1. The van der Waals surface area contributed by atoms with Crippen LogP contribution in [0.15, 0.2) is 84.6 Å². The molecule has 0 spiro atoms. The fourth-order valence-corrected chi connectivity index (χ4v) is 5.44. The normalized spacial score (nSPS) is 15.6. The monoisotopic (exact) mass is 545 g/mol. The number of nitrogens with zero attached hydrogens (tertiary/aromatic N) is 1. The number of nitrogens with one attached hydrogen (secondary N) is 2. The summed E-state index contributed by atoms with van der Waals surface area (Å²) in [6.45, 7) is 2.83. The van der Waals surface area contributed by atoms with Gasteiger partial charge in [0.05, 0.1) is 13.2 Å². The van der Waals surface area contributed by atoms with Gasteiger partial charge < -0.3 is 20.3 Å². The second kappa shape index (κ2) is 13.0. The second-order valence-electron chi connectivity index (χ2n) is 9.55. The maximum Gasteiger partial charge on any atom is 0.251 e. The summed E-state index contributed by atoms with van der Waals surface area (Å²) in [5, 5.41) is 6.42. The Morgan fingerprint density at radius 1 is 0.897 bits per heavy atom. The van der Waals surface area contributed by atoms with Gasteiger partial charge in [-0.05, 0) is 46.5 Å². The van der Waals surface area contributed by atoms with Crippen molar-refractivity contribution < 1.29 is 18.7 Å². The smallest absolute Gasteiger partial charge is 0.251 e. The highest BCUT2D eigenvalue weighted by Crippen LogP contribution is 2.37. The van der Waals surface area contributed by atoms with Gasteiger partial charge in [0.2, 0.25) is 5.91 Å². The number of amides is 2. The van der Waals surface area contributed by atoms with Gasteiger partial charge in [0.1, 0.15) is 11.9 Å². The molecule has 8 heteroatoms. The van der Waals surface area contributed by atoms with E-state index in [9.17, 15) is 14.0 Å². The largest absolute Gasteiger partial charge is 0.387 e. The standard InChI is InChI=1S/C31H32FN3O3S/c32-26-12-10-24(11-13-26)27-20-28(27)33-14-19-39-21-29(31(37)35-15-17-38-18-16-35)34-30(36)25-8-6-23(7-9-25)22-4-2-1-3-5-22/h1-13,29,33H,14-21H2,(H,34,36)/t29-/m0/s1. The Bertz CT molecular complexity index is 1310. The third-order valence-corrected chi connectivity index (χ3v) is 7.90. The van der Waals surface area contributed by atoms with Crippen molar-refractivity contribution in [3.8, 4) is 11.1 Å².